The van der Waals surface area contributed by atoms with Crippen molar-refractivity contribution in [2.75, 3.05) is 46.4 Å². The van der Waals surface area contributed by atoms with Gasteiger partial charge in [0.05, 0.1) is 19.3 Å². The summed E-state index contributed by atoms with van der Waals surface area (Å²) in [4.78, 5) is 6.80. The van der Waals surface area contributed by atoms with E-state index in [1.807, 2.05) is 24.3 Å². The van der Waals surface area contributed by atoms with Gasteiger partial charge in [0.25, 0.3) is 0 Å². The summed E-state index contributed by atoms with van der Waals surface area (Å²) in [6.45, 7) is 5.88. The molecule has 0 amide bonds. The average molecular weight is 518 g/mol. The molecule has 2 aromatic rings. The molecule has 0 spiro atoms. The fraction of sp³-hybridized carbons (Fsp3) is 0.450. The Hall–Kier alpha value is -1.29. The van der Waals surface area contributed by atoms with Crippen molar-refractivity contribution >= 4 is 41.5 Å². The number of morpholine rings is 1. The number of halogens is 2. The summed E-state index contributed by atoms with van der Waals surface area (Å²) in [5.41, 5.74) is 1.25. The molecular formula is C20H29ClIN5O. The predicted octanol–water partition coefficient (Wildman–Crippen LogP) is 3.00. The molecule has 154 valence electrons. The molecule has 1 atom stereocenters. The van der Waals surface area contributed by atoms with E-state index in [2.05, 4.69) is 49.6 Å². The summed E-state index contributed by atoms with van der Waals surface area (Å²) >= 11 is 6.07. The van der Waals surface area contributed by atoms with E-state index in [1.165, 1.54) is 5.56 Å². The largest absolute Gasteiger partial charge is 0.379 e. The van der Waals surface area contributed by atoms with Gasteiger partial charge in [-0.2, -0.15) is 0 Å². The highest BCUT2D eigenvalue weighted by atomic mass is 127. The van der Waals surface area contributed by atoms with Gasteiger partial charge < -0.3 is 19.9 Å². The quantitative estimate of drug-likeness (QED) is 0.337. The maximum Gasteiger partial charge on any atom is 0.191 e. The summed E-state index contributed by atoms with van der Waals surface area (Å²) in [7, 11) is 1.80. The lowest BCUT2D eigenvalue weighted by molar-refractivity contribution is 0.0170. The van der Waals surface area contributed by atoms with Gasteiger partial charge in [-0.15, -0.1) is 24.0 Å². The Morgan fingerprint density at radius 2 is 1.82 bits per heavy atom. The van der Waals surface area contributed by atoms with Crippen molar-refractivity contribution in [3.8, 4) is 0 Å². The Labute approximate surface area is 189 Å². The molecule has 1 aliphatic rings. The fourth-order valence-corrected chi connectivity index (χ4v) is 3.39. The monoisotopic (exact) mass is 517 g/mol. The fourth-order valence-electron chi connectivity index (χ4n) is 3.27. The van der Waals surface area contributed by atoms with Crippen molar-refractivity contribution < 1.29 is 4.74 Å². The second-order valence-corrected chi connectivity index (χ2v) is 6.95. The van der Waals surface area contributed by atoms with Gasteiger partial charge in [0.2, 0.25) is 0 Å². The molecule has 2 N–H and O–H groups in total. The van der Waals surface area contributed by atoms with Crippen molar-refractivity contribution in [1.82, 2.24) is 20.1 Å². The van der Waals surface area contributed by atoms with Gasteiger partial charge in [-0.1, -0.05) is 23.7 Å². The number of hydrogen-bond donors (Lipinski definition) is 2. The molecule has 6 nitrogen and oxygen atoms in total. The second-order valence-electron chi connectivity index (χ2n) is 6.52. The lowest BCUT2D eigenvalue weighted by Crippen LogP contribution is -2.46. The minimum absolute atomic E-state index is 0. The minimum atomic E-state index is 0. The lowest BCUT2D eigenvalue weighted by atomic mass is 10.0. The van der Waals surface area contributed by atoms with Crippen LogP contribution >= 0.6 is 35.6 Å². The van der Waals surface area contributed by atoms with Crippen LogP contribution in [0.1, 0.15) is 11.6 Å². The number of nitrogens with zero attached hydrogens (tertiary/aromatic N) is 3. The summed E-state index contributed by atoms with van der Waals surface area (Å²) < 4.78 is 7.66. The van der Waals surface area contributed by atoms with Gasteiger partial charge in [0.1, 0.15) is 0 Å². The Morgan fingerprint density at radius 3 is 2.46 bits per heavy atom. The second kappa shape index (κ2) is 12.3. The molecular weight excluding hydrogens is 489 g/mol. The van der Waals surface area contributed by atoms with E-state index in [4.69, 9.17) is 16.3 Å². The lowest BCUT2D eigenvalue weighted by Gasteiger charge is -2.35. The number of benzene rings is 1. The highest BCUT2D eigenvalue weighted by Gasteiger charge is 2.22. The molecule has 2 heterocycles. The Kier molecular flexibility index (Phi) is 10.1. The van der Waals surface area contributed by atoms with Gasteiger partial charge in [0, 0.05) is 57.2 Å². The molecule has 1 aliphatic heterocycles. The molecule has 1 fully saturated rings. The molecule has 1 aromatic carbocycles. The van der Waals surface area contributed by atoms with Crippen LogP contribution in [0, 0.1) is 0 Å². The highest BCUT2D eigenvalue weighted by molar-refractivity contribution is 14.0. The Morgan fingerprint density at radius 1 is 1.14 bits per heavy atom. The van der Waals surface area contributed by atoms with E-state index < -0.39 is 0 Å². The molecule has 28 heavy (non-hydrogen) atoms. The van der Waals surface area contributed by atoms with Crippen LogP contribution in [0.3, 0.4) is 0 Å². The number of nitrogens with one attached hydrogen (secondary N) is 2. The van der Waals surface area contributed by atoms with E-state index in [0.717, 1.165) is 56.9 Å². The van der Waals surface area contributed by atoms with Crippen LogP contribution < -0.4 is 10.6 Å². The maximum atomic E-state index is 6.07. The number of rotatable bonds is 7. The summed E-state index contributed by atoms with van der Waals surface area (Å²) in [6.07, 6.45) is 4.12. The number of guanidine groups is 1. The first kappa shape index (κ1) is 23.0. The van der Waals surface area contributed by atoms with Crippen molar-refractivity contribution in [3.05, 3.63) is 59.4 Å². The standard InChI is InChI=1S/C20H28ClN5O.HI/c1-22-20(23-8-11-25-9-2-3-10-25)24-16-19(26-12-14-27-15-13-26)17-4-6-18(21)7-5-17;/h2-7,9-10,19H,8,11-16H2,1H3,(H2,22,23,24);1H. The topological polar surface area (TPSA) is 53.8 Å². The summed E-state index contributed by atoms with van der Waals surface area (Å²) in [5.74, 6) is 0.814. The first-order valence-corrected chi connectivity index (χ1v) is 9.76. The van der Waals surface area contributed by atoms with Crippen LogP contribution in [0.5, 0.6) is 0 Å². The van der Waals surface area contributed by atoms with Gasteiger partial charge >= 0.3 is 0 Å². The van der Waals surface area contributed by atoms with Crippen LogP contribution in [-0.4, -0.2) is 61.9 Å². The molecule has 0 bridgehead atoms. The van der Waals surface area contributed by atoms with Crippen molar-refractivity contribution in [1.29, 1.82) is 0 Å². The Bertz CT molecular complexity index is 702. The van der Waals surface area contributed by atoms with E-state index in [0.29, 0.717) is 0 Å². The zero-order valence-electron chi connectivity index (χ0n) is 16.2. The molecule has 1 saturated heterocycles. The molecule has 0 saturated carbocycles. The number of ether oxygens (including phenoxy) is 1. The van der Waals surface area contributed by atoms with Crippen LogP contribution in [0.2, 0.25) is 5.02 Å². The van der Waals surface area contributed by atoms with Gasteiger partial charge in [-0.3, -0.25) is 9.89 Å². The van der Waals surface area contributed by atoms with Crippen molar-refractivity contribution in [2.24, 2.45) is 4.99 Å². The Balaban J connectivity index is 0.00000280. The third-order valence-electron chi connectivity index (χ3n) is 4.76. The SMILES string of the molecule is CN=C(NCCn1cccc1)NCC(c1ccc(Cl)cc1)N1CCOCC1.I. The summed E-state index contributed by atoms with van der Waals surface area (Å²) in [5, 5.41) is 7.61. The number of hydrogen-bond acceptors (Lipinski definition) is 3. The first-order valence-electron chi connectivity index (χ1n) is 9.39. The van der Waals surface area contributed by atoms with Gasteiger partial charge in [-0.05, 0) is 29.8 Å². The van der Waals surface area contributed by atoms with Crippen LogP contribution in [0.4, 0.5) is 0 Å². The predicted molar refractivity (Wildman–Crippen MR) is 126 cm³/mol. The van der Waals surface area contributed by atoms with E-state index >= 15 is 0 Å². The first-order chi connectivity index (χ1) is 13.3. The van der Waals surface area contributed by atoms with Gasteiger partial charge in [-0.25, -0.2) is 0 Å². The molecule has 1 unspecified atom stereocenters. The van der Waals surface area contributed by atoms with Crippen LogP contribution in [0.25, 0.3) is 0 Å². The third kappa shape index (κ3) is 6.95. The minimum Gasteiger partial charge on any atom is -0.379 e. The molecule has 0 radical (unpaired) electrons. The molecule has 8 heteroatoms. The highest BCUT2D eigenvalue weighted by Crippen LogP contribution is 2.23. The van der Waals surface area contributed by atoms with E-state index in [9.17, 15) is 0 Å². The third-order valence-corrected chi connectivity index (χ3v) is 5.01. The van der Waals surface area contributed by atoms with Gasteiger partial charge in [0.15, 0.2) is 5.96 Å². The normalized spacial score (nSPS) is 16.3. The molecule has 3 rings (SSSR count). The van der Waals surface area contributed by atoms with Crippen LogP contribution in [0.15, 0.2) is 53.8 Å². The number of aromatic nitrogens is 1. The maximum absolute atomic E-state index is 6.07. The smallest absolute Gasteiger partial charge is 0.191 e. The average Bonchev–Trinajstić information content (AvgIpc) is 3.22. The molecule has 1 aromatic heterocycles. The zero-order chi connectivity index (χ0) is 18.9. The van der Waals surface area contributed by atoms with Crippen molar-refractivity contribution in [2.45, 2.75) is 12.6 Å². The molecule has 0 aliphatic carbocycles. The van der Waals surface area contributed by atoms with Crippen molar-refractivity contribution in [3.63, 3.8) is 0 Å². The van der Waals surface area contributed by atoms with Crippen LogP contribution in [-0.2, 0) is 11.3 Å². The van der Waals surface area contributed by atoms with E-state index in [1.54, 1.807) is 7.05 Å². The van der Waals surface area contributed by atoms with E-state index in [-0.39, 0.29) is 30.0 Å². The number of aliphatic imine (C=N–C) groups is 1. The summed E-state index contributed by atoms with van der Waals surface area (Å²) in [6, 6.07) is 12.4. The zero-order valence-corrected chi connectivity index (χ0v) is 19.3.